The number of hydrogen-bond acceptors (Lipinski definition) is 3. The summed E-state index contributed by atoms with van der Waals surface area (Å²) in [6.07, 6.45) is 2.85. The molecule has 0 aliphatic heterocycles. The lowest BCUT2D eigenvalue weighted by atomic mass is 9.90. The molecule has 0 spiro atoms. The lowest BCUT2D eigenvalue weighted by molar-refractivity contribution is 0.0217. The fraction of sp³-hybridized carbons (Fsp3) is 0.545. The molecular formula is C11H17NO2. The molecule has 3 nitrogen and oxygen atoms in total. The Labute approximate surface area is 84.7 Å². The number of pyridine rings is 1. The van der Waals surface area contributed by atoms with Crippen molar-refractivity contribution < 1.29 is 9.84 Å². The number of ether oxygens (including phenoxy) is 1. The molecule has 0 fully saturated rings. The molecule has 1 heterocycles. The van der Waals surface area contributed by atoms with E-state index in [1.165, 1.54) is 0 Å². The molecule has 1 aromatic heterocycles. The summed E-state index contributed by atoms with van der Waals surface area (Å²) in [5.74, 6) is 0.691. The molecule has 1 N–H and O–H groups in total. The summed E-state index contributed by atoms with van der Waals surface area (Å²) in [6.45, 7) is 6.23. The van der Waals surface area contributed by atoms with Crippen LogP contribution in [0.1, 0.15) is 20.8 Å². The van der Waals surface area contributed by atoms with Crippen LogP contribution in [0.3, 0.4) is 0 Å². The summed E-state index contributed by atoms with van der Waals surface area (Å²) < 4.78 is 5.38. The predicted molar refractivity (Wildman–Crippen MR) is 55.2 cm³/mol. The first-order valence-electron chi connectivity index (χ1n) is 4.71. The van der Waals surface area contributed by atoms with Crippen LogP contribution in [0.15, 0.2) is 24.5 Å². The highest BCUT2D eigenvalue weighted by Crippen LogP contribution is 2.19. The zero-order chi connectivity index (χ0) is 10.6. The number of rotatable bonds is 3. The van der Waals surface area contributed by atoms with Gasteiger partial charge in [0, 0.05) is 6.20 Å². The second kappa shape index (κ2) is 4.42. The van der Waals surface area contributed by atoms with E-state index in [4.69, 9.17) is 4.74 Å². The summed E-state index contributed by atoms with van der Waals surface area (Å²) >= 11 is 0. The summed E-state index contributed by atoms with van der Waals surface area (Å²) in [4.78, 5) is 3.92. The number of aliphatic hydroxyl groups is 1. The van der Waals surface area contributed by atoms with Crippen LogP contribution in [-0.4, -0.2) is 22.8 Å². The first-order valence-corrected chi connectivity index (χ1v) is 4.71. The molecule has 0 bridgehead atoms. The van der Waals surface area contributed by atoms with Crippen molar-refractivity contribution in [3.8, 4) is 5.75 Å². The van der Waals surface area contributed by atoms with Gasteiger partial charge < -0.3 is 9.84 Å². The first kappa shape index (κ1) is 11.0. The Kier molecular flexibility index (Phi) is 3.47. The molecule has 1 atom stereocenters. The van der Waals surface area contributed by atoms with Gasteiger partial charge >= 0.3 is 0 Å². The van der Waals surface area contributed by atoms with Crippen molar-refractivity contribution in [3.05, 3.63) is 24.5 Å². The van der Waals surface area contributed by atoms with Gasteiger partial charge in [-0.05, 0) is 17.5 Å². The quantitative estimate of drug-likeness (QED) is 0.800. The molecule has 0 radical (unpaired) electrons. The van der Waals surface area contributed by atoms with E-state index in [2.05, 4.69) is 4.98 Å². The van der Waals surface area contributed by atoms with E-state index >= 15 is 0 Å². The minimum Gasteiger partial charge on any atom is -0.489 e. The molecule has 1 unspecified atom stereocenters. The fourth-order valence-corrected chi connectivity index (χ4v) is 0.858. The Morgan fingerprint density at radius 3 is 2.71 bits per heavy atom. The number of aliphatic hydroxyl groups excluding tert-OH is 1. The molecule has 0 amide bonds. The second-order valence-corrected chi connectivity index (χ2v) is 4.38. The normalized spacial score (nSPS) is 13.7. The monoisotopic (exact) mass is 195 g/mol. The highest BCUT2D eigenvalue weighted by Gasteiger charge is 2.22. The molecule has 14 heavy (non-hydrogen) atoms. The van der Waals surface area contributed by atoms with Crippen molar-refractivity contribution in [1.29, 1.82) is 0 Å². The number of hydrogen-bond donors (Lipinski definition) is 1. The van der Waals surface area contributed by atoms with Crippen molar-refractivity contribution in [2.75, 3.05) is 6.61 Å². The first-order chi connectivity index (χ1) is 6.50. The third-order valence-electron chi connectivity index (χ3n) is 2.04. The van der Waals surface area contributed by atoms with Gasteiger partial charge in [-0.2, -0.15) is 0 Å². The summed E-state index contributed by atoms with van der Waals surface area (Å²) in [6, 6.07) is 3.63. The van der Waals surface area contributed by atoms with Crippen LogP contribution in [0.5, 0.6) is 5.75 Å². The van der Waals surface area contributed by atoms with E-state index in [1.807, 2.05) is 26.8 Å². The van der Waals surface area contributed by atoms with Crippen LogP contribution in [0.2, 0.25) is 0 Å². The molecule has 0 saturated heterocycles. The minimum absolute atomic E-state index is 0.151. The van der Waals surface area contributed by atoms with Gasteiger partial charge in [0.15, 0.2) is 0 Å². The van der Waals surface area contributed by atoms with E-state index in [9.17, 15) is 5.11 Å². The van der Waals surface area contributed by atoms with Crippen LogP contribution in [-0.2, 0) is 0 Å². The third-order valence-corrected chi connectivity index (χ3v) is 2.04. The molecule has 3 heteroatoms. The van der Waals surface area contributed by atoms with E-state index in [0.717, 1.165) is 0 Å². The van der Waals surface area contributed by atoms with Crippen molar-refractivity contribution in [2.45, 2.75) is 26.9 Å². The van der Waals surface area contributed by atoms with Crippen molar-refractivity contribution in [1.82, 2.24) is 4.98 Å². The zero-order valence-electron chi connectivity index (χ0n) is 8.90. The van der Waals surface area contributed by atoms with Crippen molar-refractivity contribution >= 4 is 0 Å². The Balaban J connectivity index is 2.42. The Morgan fingerprint density at radius 2 is 2.21 bits per heavy atom. The minimum atomic E-state index is -0.470. The average Bonchev–Trinajstić information content (AvgIpc) is 2.14. The fourth-order valence-electron chi connectivity index (χ4n) is 0.858. The highest BCUT2D eigenvalue weighted by atomic mass is 16.5. The molecule has 0 aliphatic carbocycles. The Morgan fingerprint density at radius 1 is 1.50 bits per heavy atom. The van der Waals surface area contributed by atoms with E-state index in [1.54, 1.807) is 18.5 Å². The molecule has 0 aliphatic rings. The van der Waals surface area contributed by atoms with Crippen LogP contribution >= 0.6 is 0 Å². The Bertz CT molecular complexity index is 266. The van der Waals surface area contributed by atoms with Gasteiger partial charge in [0.05, 0.1) is 12.3 Å². The highest BCUT2D eigenvalue weighted by molar-refractivity contribution is 5.15. The standard InChI is InChI=1S/C11H17NO2/c1-11(2,3)10(13)8-14-9-5-4-6-12-7-9/h4-7,10,13H,8H2,1-3H3. The molecule has 1 aromatic rings. The smallest absolute Gasteiger partial charge is 0.137 e. The lowest BCUT2D eigenvalue weighted by Gasteiger charge is -2.25. The van der Waals surface area contributed by atoms with Crippen LogP contribution in [0.4, 0.5) is 0 Å². The molecule has 78 valence electrons. The maximum absolute atomic E-state index is 9.70. The summed E-state index contributed by atoms with van der Waals surface area (Å²) in [7, 11) is 0. The van der Waals surface area contributed by atoms with Gasteiger partial charge in [-0.1, -0.05) is 20.8 Å². The summed E-state index contributed by atoms with van der Waals surface area (Å²) in [5, 5.41) is 9.70. The predicted octanol–water partition coefficient (Wildman–Crippen LogP) is 1.87. The van der Waals surface area contributed by atoms with Crippen molar-refractivity contribution in [2.24, 2.45) is 5.41 Å². The summed E-state index contributed by atoms with van der Waals surface area (Å²) in [5.41, 5.74) is -0.151. The second-order valence-electron chi connectivity index (χ2n) is 4.38. The van der Waals surface area contributed by atoms with Gasteiger partial charge in [0.2, 0.25) is 0 Å². The van der Waals surface area contributed by atoms with Gasteiger partial charge in [0.25, 0.3) is 0 Å². The maximum atomic E-state index is 9.70. The van der Waals surface area contributed by atoms with Gasteiger partial charge in [-0.15, -0.1) is 0 Å². The van der Waals surface area contributed by atoms with Gasteiger partial charge in [-0.25, -0.2) is 0 Å². The zero-order valence-corrected chi connectivity index (χ0v) is 8.90. The molecular weight excluding hydrogens is 178 g/mol. The number of aromatic nitrogens is 1. The van der Waals surface area contributed by atoms with Gasteiger partial charge in [-0.3, -0.25) is 4.98 Å². The number of nitrogens with zero attached hydrogens (tertiary/aromatic N) is 1. The Hall–Kier alpha value is -1.09. The maximum Gasteiger partial charge on any atom is 0.137 e. The topological polar surface area (TPSA) is 42.4 Å². The van der Waals surface area contributed by atoms with Crippen molar-refractivity contribution in [3.63, 3.8) is 0 Å². The molecule has 0 saturated carbocycles. The largest absolute Gasteiger partial charge is 0.489 e. The van der Waals surface area contributed by atoms with Crippen LogP contribution in [0, 0.1) is 5.41 Å². The van der Waals surface area contributed by atoms with Crippen LogP contribution < -0.4 is 4.74 Å². The van der Waals surface area contributed by atoms with Crippen LogP contribution in [0.25, 0.3) is 0 Å². The third kappa shape index (κ3) is 3.34. The average molecular weight is 195 g/mol. The van der Waals surface area contributed by atoms with E-state index in [0.29, 0.717) is 12.4 Å². The van der Waals surface area contributed by atoms with E-state index < -0.39 is 6.10 Å². The molecule has 1 rings (SSSR count). The molecule has 0 aromatic carbocycles. The SMILES string of the molecule is CC(C)(C)C(O)COc1cccnc1. The lowest BCUT2D eigenvalue weighted by Crippen LogP contribution is -2.31. The van der Waals surface area contributed by atoms with E-state index in [-0.39, 0.29) is 5.41 Å². The van der Waals surface area contributed by atoms with Gasteiger partial charge in [0.1, 0.15) is 12.4 Å².